The predicted octanol–water partition coefficient (Wildman–Crippen LogP) is 5.85. The molecule has 6 rings (SSSR count). The molecule has 0 spiro atoms. The fraction of sp³-hybridized carbons (Fsp3) is 0.154. The molecule has 3 aliphatic rings. The van der Waals surface area contributed by atoms with E-state index >= 15 is 8.63 Å². The van der Waals surface area contributed by atoms with Crippen LogP contribution in [0.2, 0.25) is 0 Å². The van der Waals surface area contributed by atoms with Crippen LogP contribution in [0.4, 0.5) is 20.2 Å². The molecule has 0 bridgehead atoms. The summed E-state index contributed by atoms with van der Waals surface area (Å²) in [6.45, 7) is 1.90. The number of halogens is 2. The summed E-state index contributed by atoms with van der Waals surface area (Å²) in [5, 5.41) is 0. The SMILES string of the molecule is CC(C)(C)c1ccc(N2c3oc4cc(=O)ccc-4cc3-c3[nH]c4ccccc4[n+]3[B-]2(F)F)cc1. The molecule has 1 aromatic heterocycles. The summed E-state index contributed by atoms with van der Waals surface area (Å²) >= 11 is 0. The van der Waals surface area contributed by atoms with Gasteiger partial charge in [0.15, 0.2) is 16.8 Å². The highest BCUT2D eigenvalue weighted by Crippen LogP contribution is 2.45. The number of para-hydroxylation sites is 2. The van der Waals surface area contributed by atoms with Crippen molar-refractivity contribution in [1.82, 2.24) is 4.98 Å². The Kier molecular flexibility index (Phi) is 4.13. The second kappa shape index (κ2) is 6.79. The molecule has 0 atom stereocenters. The molecule has 2 aromatic carbocycles. The number of aromatic nitrogens is 2. The van der Waals surface area contributed by atoms with Gasteiger partial charge in [0, 0.05) is 17.3 Å². The lowest BCUT2D eigenvalue weighted by Gasteiger charge is -2.41. The Balaban J connectivity index is 1.68. The Morgan fingerprint density at radius 3 is 2.44 bits per heavy atom. The van der Waals surface area contributed by atoms with Crippen molar-refractivity contribution in [1.29, 1.82) is 0 Å². The van der Waals surface area contributed by atoms with E-state index in [0.717, 1.165) is 14.9 Å². The van der Waals surface area contributed by atoms with Gasteiger partial charge in [-0.2, -0.15) is 0 Å². The number of nitrogens with one attached hydrogen (secondary N) is 1. The summed E-state index contributed by atoms with van der Waals surface area (Å²) < 4.78 is 39.9. The third-order valence-electron chi connectivity index (χ3n) is 6.49. The van der Waals surface area contributed by atoms with E-state index in [1.54, 1.807) is 48.5 Å². The molecule has 0 amide bonds. The Hall–Kier alpha value is -3.94. The van der Waals surface area contributed by atoms with E-state index in [9.17, 15) is 4.79 Å². The molecule has 2 aliphatic heterocycles. The van der Waals surface area contributed by atoms with Crippen molar-refractivity contribution in [3.05, 3.63) is 88.6 Å². The van der Waals surface area contributed by atoms with Crippen LogP contribution in [0.1, 0.15) is 26.3 Å². The van der Waals surface area contributed by atoms with Crippen LogP contribution in [0, 0.1) is 0 Å². The van der Waals surface area contributed by atoms with E-state index in [4.69, 9.17) is 4.42 Å². The quantitative estimate of drug-likeness (QED) is 0.321. The van der Waals surface area contributed by atoms with Crippen molar-refractivity contribution < 1.29 is 17.5 Å². The Morgan fingerprint density at radius 1 is 0.971 bits per heavy atom. The van der Waals surface area contributed by atoms with E-state index in [-0.39, 0.29) is 28.3 Å². The van der Waals surface area contributed by atoms with E-state index in [1.165, 1.54) is 12.1 Å². The standard InChI is InChI=1S/C26H22BF2N3O2/c1-26(2,3)17-9-11-18(12-10-17)31-25-20(14-16-8-13-19(33)15-23(16)34-25)24-30-21-6-4-5-7-22(21)32(24)27(31,28)29/h4-15,30H,1-3H3. The van der Waals surface area contributed by atoms with Crippen LogP contribution in [0.15, 0.2) is 82.0 Å². The second-order valence-electron chi connectivity index (χ2n) is 9.78. The summed E-state index contributed by atoms with van der Waals surface area (Å²) in [6.07, 6.45) is 0. The highest BCUT2D eigenvalue weighted by molar-refractivity contribution is 6.64. The number of aromatic amines is 1. The first-order chi connectivity index (χ1) is 16.1. The normalized spacial score (nSPS) is 14.9. The molecule has 3 aromatic rings. The van der Waals surface area contributed by atoms with Crippen molar-refractivity contribution in [3.8, 4) is 22.7 Å². The maximum absolute atomic E-state index is 16.4. The van der Waals surface area contributed by atoms with Gasteiger partial charge in [0.05, 0.1) is 0 Å². The zero-order valence-corrected chi connectivity index (χ0v) is 19.0. The number of nitrogens with zero attached hydrogens (tertiary/aromatic N) is 2. The molecular weight excluding hydrogens is 435 g/mol. The van der Waals surface area contributed by atoms with Crippen LogP contribution in [-0.4, -0.2) is 12.0 Å². The monoisotopic (exact) mass is 457 g/mol. The lowest BCUT2D eigenvalue weighted by atomic mass is 9.84. The van der Waals surface area contributed by atoms with Gasteiger partial charge >= 0.3 is 6.97 Å². The number of hydrogen-bond acceptors (Lipinski definition) is 3. The van der Waals surface area contributed by atoms with E-state index in [0.29, 0.717) is 27.8 Å². The number of H-pyrrole nitrogens is 1. The predicted molar refractivity (Wildman–Crippen MR) is 130 cm³/mol. The van der Waals surface area contributed by atoms with Crippen LogP contribution in [0.3, 0.4) is 0 Å². The van der Waals surface area contributed by atoms with Crippen molar-refractivity contribution in [2.45, 2.75) is 26.2 Å². The number of benzene rings is 3. The molecule has 0 radical (unpaired) electrons. The van der Waals surface area contributed by atoms with Crippen molar-refractivity contribution in [2.75, 3.05) is 4.81 Å². The van der Waals surface area contributed by atoms with Crippen LogP contribution in [0.5, 0.6) is 0 Å². The van der Waals surface area contributed by atoms with Crippen LogP contribution >= 0.6 is 0 Å². The molecule has 8 heteroatoms. The molecule has 0 saturated carbocycles. The Bertz CT molecular complexity index is 1600. The lowest BCUT2D eigenvalue weighted by Crippen LogP contribution is -2.70. The van der Waals surface area contributed by atoms with Gasteiger partial charge in [-0.1, -0.05) is 45.0 Å². The van der Waals surface area contributed by atoms with Crippen molar-refractivity contribution in [3.63, 3.8) is 0 Å². The molecule has 5 nitrogen and oxygen atoms in total. The molecule has 3 heterocycles. The molecule has 0 unspecified atom stereocenters. The fourth-order valence-corrected chi connectivity index (χ4v) is 4.74. The number of hydrogen-bond donors (Lipinski definition) is 1. The second-order valence-corrected chi connectivity index (χ2v) is 9.78. The Labute approximate surface area is 194 Å². The molecule has 0 saturated heterocycles. The van der Waals surface area contributed by atoms with Gasteiger partial charge in [-0.3, -0.25) is 4.79 Å². The topological polar surface area (TPSA) is 53.1 Å². The largest absolute Gasteiger partial charge is 0.642 e. The minimum atomic E-state index is -4.33. The molecule has 1 N–H and O–H groups in total. The van der Waals surface area contributed by atoms with Crippen LogP contribution < -0.4 is 14.7 Å². The average Bonchev–Trinajstić information content (AvgIpc) is 3.19. The fourth-order valence-electron chi connectivity index (χ4n) is 4.74. The van der Waals surface area contributed by atoms with E-state index in [2.05, 4.69) is 25.8 Å². The van der Waals surface area contributed by atoms with Gasteiger partial charge in [0.2, 0.25) is 0 Å². The summed E-state index contributed by atoms with van der Waals surface area (Å²) in [7, 11) is 0. The Morgan fingerprint density at radius 2 is 1.71 bits per heavy atom. The smallest absolute Gasteiger partial charge is 0.443 e. The van der Waals surface area contributed by atoms with Gasteiger partial charge in [-0.05, 0) is 53.4 Å². The number of rotatable bonds is 1. The summed E-state index contributed by atoms with van der Waals surface area (Å²) in [4.78, 5) is 16.1. The highest BCUT2D eigenvalue weighted by Gasteiger charge is 2.52. The maximum atomic E-state index is 16.4. The zero-order valence-electron chi connectivity index (χ0n) is 19.0. The first kappa shape index (κ1) is 20.7. The molecule has 0 fully saturated rings. The molecule has 34 heavy (non-hydrogen) atoms. The third kappa shape index (κ3) is 2.91. The zero-order chi connectivity index (χ0) is 23.8. The van der Waals surface area contributed by atoms with Gasteiger partial charge in [-0.25, -0.2) is 4.98 Å². The minimum Gasteiger partial charge on any atom is -0.443 e. The van der Waals surface area contributed by atoms with Crippen LogP contribution in [-0.2, 0) is 5.41 Å². The molecule has 1 aliphatic carbocycles. The molecule has 170 valence electrons. The first-order valence-corrected chi connectivity index (χ1v) is 11.2. The van der Waals surface area contributed by atoms with Gasteiger partial charge in [0.1, 0.15) is 16.8 Å². The number of fused-ring (bicyclic) bond motifs is 6. The first-order valence-electron chi connectivity index (χ1n) is 11.2. The maximum Gasteiger partial charge on any atom is 0.642 e. The highest BCUT2D eigenvalue weighted by atomic mass is 19.2. The average molecular weight is 457 g/mol. The van der Waals surface area contributed by atoms with E-state index in [1.807, 2.05) is 12.1 Å². The van der Waals surface area contributed by atoms with E-state index < -0.39 is 6.97 Å². The lowest BCUT2D eigenvalue weighted by molar-refractivity contribution is -0.526. The van der Waals surface area contributed by atoms with Gasteiger partial charge in [0.25, 0.3) is 5.82 Å². The summed E-state index contributed by atoms with van der Waals surface area (Å²) in [5.41, 5.74) is 3.14. The van der Waals surface area contributed by atoms with Crippen molar-refractivity contribution in [2.24, 2.45) is 0 Å². The van der Waals surface area contributed by atoms with Gasteiger partial charge in [-0.15, -0.1) is 0 Å². The van der Waals surface area contributed by atoms with Gasteiger partial charge < -0.3 is 22.3 Å². The van der Waals surface area contributed by atoms with Crippen molar-refractivity contribution >= 4 is 29.6 Å². The summed E-state index contributed by atoms with van der Waals surface area (Å²) in [6, 6.07) is 20.3. The number of imidazole rings is 1. The molecular formula is C26H22BF2N3O2. The van der Waals surface area contributed by atoms with Crippen LogP contribution in [0.25, 0.3) is 33.7 Å². The number of anilines is 2. The summed E-state index contributed by atoms with van der Waals surface area (Å²) in [5.74, 6) is 0.525. The minimum absolute atomic E-state index is 0.00170. The third-order valence-corrected chi connectivity index (χ3v) is 6.49.